The molecule has 2 aromatic heterocycles. The number of aryl methyl sites for hydroxylation is 2. The Labute approximate surface area is 143 Å². The molecule has 128 valence electrons. The molecular weight excluding hydrogens is 300 g/mol. The molecule has 1 aliphatic rings. The van der Waals surface area contributed by atoms with E-state index in [1.807, 2.05) is 47.8 Å². The van der Waals surface area contributed by atoms with Gasteiger partial charge in [0.05, 0.1) is 23.5 Å². The third-order valence-electron chi connectivity index (χ3n) is 4.84. The normalized spacial score (nSPS) is 15.4. The van der Waals surface area contributed by atoms with E-state index in [1.165, 1.54) is 19.3 Å². The number of carbonyl (C=O) groups excluding carboxylic acids is 1. The molecule has 0 aliphatic heterocycles. The van der Waals surface area contributed by atoms with Gasteiger partial charge in [-0.3, -0.25) is 14.5 Å². The third kappa shape index (κ3) is 3.66. The van der Waals surface area contributed by atoms with Crippen LogP contribution in [0.2, 0.25) is 0 Å². The van der Waals surface area contributed by atoms with Crippen LogP contribution in [0.1, 0.15) is 60.8 Å². The zero-order valence-electron chi connectivity index (χ0n) is 14.6. The molecule has 0 bridgehead atoms. The molecule has 24 heavy (non-hydrogen) atoms. The van der Waals surface area contributed by atoms with Gasteiger partial charge in [0.25, 0.3) is 5.91 Å². The summed E-state index contributed by atoms with van der Waals surface area (Å²) in [6, 6.07) is 6.18. The van der Waals surface area contributed by atoms with E-state index >= 15 is 0 Å². The Bertz CT molecular complexity index is 674. The topological polar surface area (TPSA) is 51.0 Å². The monoisotopic (exact) mass is 326 g/mol. The zero-order chi connectivity index (χ0) is 16.9. The number of hydrogen-bond donors (Lipinski definition) is 0. The summed E-state index contributed by atoms with van der Waals surface area (Å²) >= 11 is 0. The summed E-state index contributed by atoms with van der Waals surface area (Å²) in [5.41, 5.74) is 2.47. The summed E-state index contributed by atoms with van der Waals surface area (Å²) < 4.78 is 1.84. The molecule has 1 amide bonds. The maximum absolute atomic E-state index is 13.2. The lowest BCUT2D eigenvalue weighted by molar-refractivity contribution is 0.0610. The second kappa shape index (κ2) is 7.60. The average molecular weight is 326 g/mol. The first-order valence-corrected chi connectivity index (χ1v) is 8.94. The number of pyridine rings is 1. The van der Waals surface area contributed by atoms with E-state index < -0.39 is 0 Å². The minimum absolute atomic E-state index is 0.0877. The zero-order valence-corrected chi connectivity index (χ0v) is 14.6. The van der Waals surface area contributed by atoms with E-state index in [-0.39, 0.29) is 5.91 Å². The molecule has 0 aromatic carbocycles. The molecular formula is C19H26N4O. The fraction of sp³-hybridized carbons (Fsp3) is 0.526. The minimum Gasteiger partial charge on any atom is -0.330 e. The fourth-order valence-electron chi connectivity index (χ4n) is 3.47. The predicted molar refractivity (Wildman–Crippen MR) is 93.6 cm³/mol. The van der Waals surface area contributed by atoms with E-state index in [0.29, 0.717) is 12.6 Å². The third-order valence-corrected chi connectivity index (χ3v) is 4.84. The lowest BCUT2D eigenvalue weighted by Crippen LogP contribution is -2.41. The Morgan fingerprint density at radius 2 is 2.08 bits per heavy atom. The Hall–Kier alpha value is -2.17. The number of aromatic nitrogens is 3. The second-order valence-corrected chi connectivity index (χ2v) is 6.53. The van der Waals surface area contributed by atoms with E-state index in [4.69, 9.17) is 0 Å². The molecule has 0 atom stereocenters. The maximum Gasteiger partial charge on any atom is 0.257 e. The van der Waals surface area contributed by atoms with Crippen molar-refractivity contribution >= 4 is 5.91 Å². The van der Waals surface area contributed by atoms with Gasteiger partial charge in [0, 0.05) is 25.0 Å². The van der Waals surface area contributed by atoms with Crippen LogP contribution in [0.25, 0.3) is 0 Å². The molecule has 2 heterocycles. The SMILES string of the molecule is CCn1cc(C(=O)N(Cc2ccccn2)C2CCCCC2)c(C)n1. The van der Waals surface area contributed by atoms with Crippen LogP contribution in [-0.4, -0.2) is 31.6 Å². The number of hydrogen-bond acceptors (Lipinski definition) is 3. The van der Waals surface area contributed by atoms with E-state index in [1.54, 1.807) is 6.20 Å². The first-order valence-electron chi connectivity index (χ1n) is 8.94. The van der Waals surface area contributed by atoms with Crippen LogP contribution in [0.5, 0.6) is 0 Å². The molecule has 1 fully saturated rings. The van der Waals surface area contributed by atoms with Gasteiger partial charge in [-0.05, 0) is 38.8 Å². The lowest BCUT2D eigenvalue weighted by Gasteiger charge is -2.34. The molecule has 1 aliphatic carbocycles. The van der Waals surface area contributed by atoms with Crippen molar-refractivity contribution in [3.8, 4) is 0 Å². The average Bonchev–Trinajstić information content (AvgIpc) is 3.02. The van der Waals surface area contributed by atoms with Crippen LogP contribution >= 0.6 is 0 Å². The molecule has 3 rings (SSSR count). The van der Waals surface area contributed by atoms with Gasteiger partial charge in [0.15, 0.2) is 0 Å². The van der Waals surface area contributed by atoms with Crippen LogP contribution in [0.15, 0.2) is 30.6 Å². The quantitative estimate of drug-likeness (QED) is 0.844. The van der Waals surface area contributed by atoms with Crippen LogP contribution in [0.4, 0.5) is 0 Å². The molecule has 0 unspecified atom stereocenters. The number of carbonyl (C=O) groups is 1. The summed E-state index contributed by atoms with van der Waals surface area (Å²) in [4.78, 5) is 19.7. The van der Waals surface area contributed by atoms with Gasteiger partial charge in [0.1, 0.15) is 0 Å². The summed E-state index contributed by atoms with van der Waals surface area (Å²) in [6.07, 6.45) is 9.51. The van der Waals surface area contributed by atoms with Crippen molar-refractivity contribution in [3.05, 3.63) is 47.5 Å². The molecule has 5 heteroatoms. The van der Waals surface area contributed by atoms with Crippen LogP contribution in [-0.2, 0) is 13.1 Å². The second-order valence-electron chi connectivity index (χ2n) is 6.53. The highest BCUT2D eigenvalue weighted by atomic mass is 16.2. The standard InChI is InChI=1S/C19H26N4O/c1-3-22-14-18(15(2)21-22)19(24)23(17-10-5-4-6-11-17)13-16-9-7-8-12-20-16/h7-9,12,14,17H,3-6,10-11,13H2,1-2H3. The van der Waals surface area contributed by atoms with Crippen LogP contribution in [0.3, 0.4) is 0 Å². The van der Waals surface area contributed by atoms with Crippen LogP contribution < -0.4 is 0 Å². The van der Waals surface area contributed by atoms with E-state index in [0.717, 1.165) is 36.3 Å². The van der Waals surface area contributed by atoms with Gasteiger partial charge in [-0.2, -0.15) is 5.10 Å². The largest absolute Gasteiger partial charge is 0.330 e. The number of rotatable bonds is 5. The Morgan fingerprint density at radius 1 is 1.29 bits per heavy atom. The van der Waals surface area contributed by atoms with Gasteiger partial charge in [-0.15, -0.1) is 0 Å². The predicted octanol–water partition coefficient (Wildman–Crippen LogP) is 3.58. The lowest BCUT2D eigenvalue weighted by atomic mass is 9.93. The highest BCUT2D eigenvalue weighted by Crippen LogP contribution is 2.26. The molecule has 0 spiro atoms. The summed E-state index contributed by atoms with van der Waals surface area (Å²) in [6.45, 7) is 5.30. The van der Waals surface area contributed by atoms with Crippen molar-refractivity contribution in [2.75, 3.05) is 0 Å². The van der Waals surface area contributed by atoms with Crippen molar-refractivity contribution in [3.63, 3.8) is 0 Å². The van der Waals surface area contributed by atoms with Crippen LogP contribution in [0, 0.1) is 6.92 Å². The molecule has 0 radical (unpaired) electrons. The summed E-state index contributed by atoms with van der Waals surface area (Å²) in [7, 11) is 0. The van der Waals surface area contributed by atoms with Gasteiger partial charge in [0.2, 0.25) is 0 Å². The Kier molecular flexibility index (Phi) is 5.28. The van der Waals surface area contributed by atoms with Crippen molar-refractivity contribution in [1.82, 2.24) is 19.7 Å². The fourth-order valence-corrected chi connectivity index (χ4v) is 3.47. The molecule has 0 saturated heterocycles. The van der Waals surface area contributed by atoms with E-state index in [2.05, 4.69) is 10.1 Å². The molecule has 0 N–H and O–H groups in total. The minimum atomic E-state index is 0.0877. The van der Waals surface area contributed by atoms with Gasteiger partial charge in [-0.25, -0.2) is 0 Å². The van der Waals surface area contributed by atoms with Gasteiger partial charge in [-0.1, -0.05) is 25.3 Å². The molecule has 5 nitrogen and oxygen atoms in total. The molecule has 1 saturated carbocycles. The van der Waals surface area contributed by atoms with E-state index in [9.17, 15) is 4.79 Å². The van der Waals surface area contributed by atoms with Crippen molar-refractivity contribution in [1.29, 1.82) is 0 Å². The van der Waals surface area contributed by atoms with Gasteiger partial charge >= 0.3 is 0 Å². The van der Waals surface area contributed by atoms with Crippen molar-refractivity contribution in [2.24, 2.45) is 0 Å². The van der Waals surface area contributed by atoms with Crippen molar-refractivity contribution in [2.45, 2.75) is 65.1 Å². The highest BCUT2D eigenvalue weighted by molar-refractivity contribution is 5.95. The first kappa shape index (κ1) is 16.7. The number of nitrogens with zero attached hydrogens (tertiary/aromatic N) is 4. The smallest absolute Gasteiger partial charge is 0.257 e. The summed E-state index contributed by atoms with van der Waals surface area (Å²) in [5, 5.41) is 4.44. The van der Waals surface area contributed by atoms with Gasteiger partial charge < -0.3 is 4.90 Å². The Morgan fingerprint density at radius 3 is 2.71 bits per heavy atom. The highest BCUT2D eigenvalue weighted by Gasteiger charge is 2.28. The Balaban J connectivity index is 1.87. The first-order chi connectivity index (χ1) is 11.7. The number of amides is 1. The van der Waals surface area contributed by atoms with Crippen molar-refractivity contribution < 1.29 is 4.79 Å². The summed E-state index contributed by atoms with van der Waals surface area (Å²) in [5.74, 6) is 0.0877. The molecule has 2 aromatic rings. The maximum atomic E-state index is 13.2.